The minimum atomic E-state index is 0.106. The molecule has 17 heavy (non-hydrogen) atoms. The second-order valence-corrected chi connectivity index (χ2v) is 5.88. The van der Waals surface area contributed by atoms with Crippen molar-refractivity contribution in [3.05, 3.63) is 34.9 Å². The summed E-state index contributed by atoms with van der Waals surface area (Å²) in [6, 6.07) is 6.77. The van der Waals surface area contributed by atoms with E-state index in [0.29, 0.717) is 0 Å². The van der Waals surface area contributed by atoms with Gasteiger partial charge in [-0.3, -0.25) is 0 Å². The van der Waals surface area contributed by atoms with Crippen LogP contribution in [0.5, 0.6) is 0 Å². The molecule has 0 fully saturated rings. The van der Waals surface area contributed by atoms with Gasteiger partial charge in [-0.2, -0.15) is 0 Å². The fourth-order valence-electron chi connectivity index (χ4n) is 2.02. The summed E-state index contributed by atoms with van der Waals surface area (Å²) in [7, 11) is 0. The van der Waals surface area contributed by atoms with Crippen LogP contribution in [-0.2, 0) is 12.8 Å². The van der Waals surface area contributed by atoms with Gasteiger partial charge in [-0.1, -0.05) is 52.8 Å². The van der Waals surface area contributed by atoms with Crippen molar-refractivity contribution in [2.24, 2.45) is 5.41 Å². The summed E-state index contributed by atoms with van der Waals surface area (Å²) in [4.78, 5) is 0. The van der Waals surface area contributed by atoms with Crippen LogP contribution < -0.4 is 0 Å². The highest BCUT2D eigenvalue weighted by Gasteiger charge is 2.28. The molecular weight excluding hydrogens is 228 g/mol. The third-order valence-electron chi connectivity index (χ3n) is 3.87. The SMILES string of the molecule is CCc1ccc(CC)c(C(Cl)C(C)(C)CC)c1. The predicted molar refractivity (Wildman–Crippen MR) is 77.9 cm³/mol. The minimum absolute atomic E-state index is 0.106. The van der Waals surface area contributed by atoms with Crippen LogP contribution in [-0.4, -0.2) is 0 Å². The summed E-state index contributed by atoms with van der Waals surface area (Å²) < 4.78 is 0. The van der Waals surface area contributed by atoms with Gasteiger partial charge in [0.2, 0.25) is 0 Å². The van der Waals surface area contributed by atoms with E-state index in [2.05, 4.69) is 52.8 Å². The van der Waals surface area contributed by atoms with Crippen LogP contribution in [0.25, 0.3) is 0 Å². The maximum absolute atomic E-state index is 6.71. The molecule has 1 heteroatoms. The number of hydrogen-bond donors (Lipinski definition) is 0. The third kappa shape index (κ3) is 3.25. The number of alkyl halides is 1. The van der Waals surface area contributed by atoms with Gasteiger partial charge < -0.3 is 0 Å². The fraction of sp³-hybridized carbons (Fsp3) is 0.625. The molecule has 1 aromatic rings. The van der Waals surface area contributed by atoms with E-state index >= 15 is 0 Å². The van der Waals surface area contributed by atoms with Crippen molar-refractivity contribution >= 4 is 11.6 Å². The second kappa shape index (κ2) is 5.91. The Labute approximate surface area is 111 Å². The van der Waals surface area contributed by atoms with Crippen molar-refractivity contribution in [1.29, 1.82) is 0 Å². The Morgan fingerprint density at radius 1 is 1.12 bits per heavy atom. The molecule has 1 atom stereocenters. The van der Waals surface area contributed by atoms with Gasteiger partial charge in [-0.25, -0.2) is 0 Å². The number of hydrogen-bond acceptors (Lipinski definition) is 0. The van der Waals surface area contributed by atoms with Gasteiger partial charge in [0.1, 0.15) is 0 Å². The highest BCUT2D eigenvalue weighted by atomic mass is 35.5. The molecule has 0 aliphatic rings. The first kappa shape index (κ1) is 14.6. The van der Waals surface area contributed by atoms with Gasteiger partial charge in [-0.15, -0.1) is 11.6 Å². The molecule has 0 aliphatic heterocycles. The predicted octanol–water partition coefficient (Wildman–Crippen LogP) is 5.53. The zero-order valence-corrected chi connectivity index (χ0v) is 12.6. The fourth-order valence-corrected chi connectivity index (χ4v) is 2.38. The van der Waals surface area contributed by atoms with Gasteiger partial charge in [-0.05, 0) is 41.4 Å². The Bertz CT molecular complexity index is 366. The monoisotopic (exact) mass is 252 g/mol. The van der Waals surface area contributed by atoms with Crippen molar-refractivity contribution in [3.8, 4) is 0 Å². The molecule has 0 aliphatic carbocycles. The molecule has 1 unspecified atom stereocenters. The Hall–Kier alpha value is -0.490. The molecule has 0 aromatic heterocycles. The molecule has 0 bridgehead atoms. The van der Waals surface area contributed by atoms with E-state index in [1.54, 1.807) is 0 Å². The largest absolute Gasteiger partial charge is 0.117 e. The van der Waals surface area contributed by atoms with Crippen molar-refractivity contribution < 1.29 is 0 Å². The van der Waals surface area contributed by atoms with Crippen LogP contribution in [0.15, 0.2) is 18.2 Å². The molecule has 0 heterocycles. The summed E-state index contributed by atoms with van der Waals surface area (Å²) in [6.07, 6.45) is 3.23. The van der Waals surface area contributed by atoms with E-state index in [1.807, 2.05) is 0 Å². The zero-order chi connectivity index (χ0) is 13.1. The first-order valence-corrected chi connectivity index (χ1v) is 7.15. The standard InChI is InChI=1S/C16H25Cl/c1-6-12-9-10-13(7-2)14(11-12)15(17)16(4,5)8-3/h9-11,15H,6-8H2,1-5H3. The van der Waals surface area contributed by atoms with Crippen LogP contribution in [0.3, 0.4) is 0 Å². The minimum Gasteiger partial charge on any atom is -0.117 e. The van der Waals surface area contributed by atoms with Gasteiger partial charge in [0.25, 0.3) is 0 Å². The van der Waals surface area contributed by atoms with Crippen LogP contribution in [0.2, 0.25) is 0 Å². The van der Waals surface area contributed by atoms with E-state index in [-0.39, 0.29) is 10.8 Å². The molecule has 1 rings (SSSR count). The van der Waals surface area contributed by atoms with Gasteiger partial charge in [0.15, 0.2) is 0 Å². The van der Waals surface area contributed by atoms with Crippen molar-refractivity contribution in [2.45, 2.75) is 59.3 Å². The molecule has 0 saturated carbocycles. The van der Waals surface area contributed by atoms with Crippen LogP contribution in [0.4, 0.5) is 0 Å². The third-order valence-corrected chi connectivity index (χ3v) is 4.70. The highest BCUT2D eigenvalue weighted by Crippen LogP contribution is 2.42. The van der Waals surface area contributed by atoms with Crippen molar-refractivity contribution in [2.75, 3.05) is 0 Å². The number of rotatable bonds is 5. The summed E-state index contributed by atoms with van der Waals surface area (Å²) in [5.41, 5.74) is 4.26. The lowest BCUT2D eigenvalue weighted by Crippen LogP contribution is -2.18. The lowest BCUT2D eigenvalue weighted by molar-refractivity contribution is 0.335. The van der Waals surface area contributed by atoms with Gasteiger partial charge >= 0.3 is 0 Å². The summed E-state index contributed by atoms with van der Waals surface area (Å²) in [5, 5.41) is 0.106. The van der Waals surface area contributed by atoms with E-state index in [1.165, 1.54) is 16.7 Å². The topological polar surface area (TPSA) is 0 Å². The van der Waals surface area contributed by atoms with Crippen LogP contribution in [0.1, 0.15) is 63.1 Å². The van der Waals surface area contributed by atoms with Crippen molar-refractivity contribution in [3.63, 3.8) is 0 Å². The smallest absolute Gasteiger partial charge is 0.0638 e. The van der Waals surface area contributed by atoms with Gasteiger partial charge in [0.05, 0.1) is 5.38 Å². The number of halogens is 1. The zero-order valence-electron chi connectivity index (χ0n) is 11.8. The lowest BCUT2D eigenvalue weighted by Gasteiger charge is -2.30. The molecule has 0 amide bonds. The quantitative estimate of drug-likeness (QED) is 0.605. The van der Waals surface area contributed by atoms with E-state index in [4.69, 9.17) is 11.6 Å². The highest BCUT2D eigenvalue weighted by molar-refractivity contribution is 6.21. The summed E-state index contributed by atoms with van der Waals surface area (Å²) in [5.74, 6) is 0. The van der Waals surface area contributed by atoms with E-state index in [0.717, 1.165) is 19.3 Å². The molecule has 0 saturated heterocycles. The Balaban J connectivity index is 3.18. The molecule has 0 nitrogen and oxygen atoms in total. The maximum Gasteiger partial charge on any atom is 0.0638 e. The number of benzene rings is 1. The second-order valence-electron chi connectivity index (χ2n) is 5.44. The molecule has 1 aromatic carbocycles. The molecular formula is C16H25Cl. The van der Waals surface area contributed by atoms with Gasteiger partial charge in [0, 0.05) is 0 Å². The molecule has 0 spiro atoms. The average Bonchev–Trinajstić information content (AvgIpc) is 2.36. The maximum atomic E-state index is 6.71. The summed E-state index contributed by atoms with van der Waals surface area (Å²) >= 11 is 6.71. The first-order chi connectivity index (χ1) is 7.96. The molecule has 0 radical (unpaired) electrons. The summed E-state index contributed by atoms with van der Waals surface area (Å²) in [6.45, 7) is 11.1. The lowest BCUT2D eigenvalue weighted by atomic mass is 9.80. The molecule has 96 valence electrons. The Morgan fingerprint density at radius 3 is 2.24 bits per heavy atom. The van der Waals surface area contributed by atoms with E-state index in [9.17, 15) is 0 Å². The Morgan fingerprint density at radius 2 is 1.76 bits per heavy atom. The Kier molecular flexibility index (Phi) is 5.06. The number of aryl methyl sites for hydroxylation is 2. The van der Waals surface area contributed by atoms with Crippen LogP contribution >= 0.6 is 11.6 Å². The average molecular weight is 253 g/mol. The normalized spacial score (nSPS) is 13.8. The van der Waals surface area contributed by atoms with E-state index < -0.39 is 0 Å². The van der Waals surface area contributed by atoms with Crippen molar-refractivity contribution in [1.82, 2.24) is 0 Å². The van der Waals surface area contributed by atoms with Crippen LogP contribution in [0, 0.1) is 5.41 Å². The first-order valence-electron chi connectivity index (χ1n) is 6.72. The molecule has 0 N–H and O–H groups in total.